The molecule has 0 aliphatic carbocycles. The monoisotopic (exact) mass is 605 g/mol. The van der Waals surface area contributed by atoms with Crippen LogP contribution >= 0.6 is 0 Å². The number of para-hydroxylation sites is 2. The third kappa shape index (κ3) is 4.20. The van der Waals surface area contributed by atoms with Crippen LogP contribution in [0.3, 0.4) is 0 Å². The van der Waals surface area contributed by atoms with E-state index in [0.29, 0.717) is 28.1 Å². The van der Waals surface area contributed by atoms with Crippen molar-refractivity contribution in [2.45, 2.75) is 20.0 Å². The Kier molecular flexibility index (Phi) is 6.10. The SMILES string of the molecule is Cc1ccc2c3ccccc3n(-c3cc(C(F)(F)F)cc(-n4c5ccccc5c5ccc(C)cc54)c3-c3cccc(C#N)c3)c2c1. The number of nitriles is 1. The van der Waals surface area contributed by atoms with E-state index in [0.717, 1.165) is 54.7 Å². The molecule has 6 aromatic carbocycles. The first-order chi connectivity index (χ1) is 22.2. The molecule has 2 heterocycles. The number of aryl methyl sites for hydroxylation is 2. The highest BCUT2D eigenvalue weighted by Gasteiger charge is 2.34. The second-order valence-corrected chi connectivity index (χ2v) is 11.8. The Bertz CT molecular complexity index is 2420. The molecule has 6 heteroatoms. The highest BCUT2D eigenvalue weighted by atomic mass is 19.4. The van der Waals surface area contributed by atoms with Crippen molar-refractivity contribution in [1.82, 2.24) is 9.13 Å². The molecule has 3 nitrogen and oxygen atoms in total. The maximum Gasteiger partial charge on any atom is 0.416 e. The van der Waals surface area contributed by atoms with Gasteiger partial charge in [-0.3, -0.25) is 0 Å². The van der Waals surface area contributed by atoms with Crippen LogP contribution in [0.2, 0.25) is 0 Å². The van der Waals surface area contributed by atoms with E-state index in [1.54, 1.807) is 18.2 Å². The quantitative estimate of drug-likeness (QED) is 0.197. The predicted molar refractivity (Wildman–Crippen MR) is 180 cm³/mol. The molecule has 0 fully saturated rings. The molecular weight excluding hydrogens is 579 g/mol. The van der Waals surface area contributed by atoms with E-state index in [1.807, 2.05) is 114 Å². The molecule has 0 saturated carbocycles. The molecule has 0 aliphatic rings. The van der Waals surface area contributed by atoms with Crippen LogP contribution in [0.5, 0.6) is 0 Å². The van der Waals surface area contributed by atoms with Gasteiger partial charge in [0.15, 0.2) is 0 Å². The van der Waals surface area contributed by atoms with E-state index in [2.05, 4.69) is 6.07 Å². The predicted octanol–water partition coefficient (Wildman–Crippen LogP) is 11.1. The van der Waals surface area contributed by atoms with E-state index in [-0.39, 0.29) is 0 Å². The van der Waals surface area contributed by atoms with Gasteiger partial charge in [-0.1, -0.05) is 72.8 Å². The Balaban J connectivity index is 1.64. The van der Waals surface area contributed by atoms with E-state index in [4.69, 9.17) is 0 Å². The number of benzene rings is 6. The van der Waals surface area contributed by atoms with Crippen LogP contribution in [0.4, 0.5) is 13.2 Å². The molecule has 46 heavy (non-hydrogen) atoms. The Morgan fingerprint density at radius 3 is 1.54 bits per heavy atom. The summed E-state index contributed by atoms with van der Waals surface area (Å²) in [5, 5.41) is 13.7. The Morgan fingerprint density at radius 2 is 1.04 bits per heavy atom. The smallest absolute Gasteiger partial charge is 0.309 e. The van der Waals surface area contributed by atoms with Gasteiger partial charge in [-0.25, -0.2) is 0 Å². The third-order valence-electron chi connectivity index (χ3n) is 8.84. The molecule has 0 unspecified atom stereocenters. The molecule has 0 saturated heterocycles. The van der Waals surface area contributed by atoms with Gasteiger partial charge in [0.1, 0.15) is 0 Å². The number of hydrogen-bond donors (Lipinski definition) is 0. The first-order valence-electron chi connectivity index (χ1n) is 15.0. The zero-order valence-electron chi connectivity index (χ0n) is 25.0. The Morgan fingerprint density at radius 1 is 0.543 bits per heavy atom. The topological polar surface area (TPSA) is 33.6 Å². The molecule has 0 N–H and O–H groups in total. The molecule has 0 bridgehead atoms. The highest BCUT2D eigenvalue weighted by Crippen LogP contribution is 2.45. The fourth-order valence-electron chi connectivity index (χ4n) is 6.85. The number of nitrogens with zero attached hydrogens (tertiary/aromatic N) is 3. The van der Waals surface area contributed by atoms with Crippen LogP contribution in [0.15, 0.2) is 121 Å². The lowest BCUT2D eigenvalue weighted by Crippen LogP contribution is -2.11. The van der Waals surface area contributed by atoms with Crippen LogP contribution in [0.25, 0.3) is 66.1 Å². The molecule has 8 rings (SSSR count). The average molecular weight is 606 g/mol. The van der Waals surface area contributed by atoms with Crippen LogP contribution in [-0.2, 0) is 6.18 Å². The largest absolute Gasteiger partial charge is 0.416 e. The van der Waals surface area contributed by atoms with Gasteiger partial charge in [-0.2, -0.15) is 18.4 Å². The maximum atomic E-state index is 15.0. The number of rotatable bonds is 3. The van der Waals surface area contributed by atoms with Gasteiger partial charge in [-0.15, -0.1) is 0 Å². The van der Waals surface area contributed by atoms with Crippen molar-refractivity contribution in [3.63, 3.8) is 0 Å². The molecular formula is C40H26F3N3. The van der Waals surface area contributed by atoms with Gasteiger partial charge in [0.25, 0.3) is 0 Å². The Labute approximate surface area is 263 Å². The number of aromatic nitrogens is 2. The summed E-state index contributed by atoms with van der Waals surface area (Å²) in [6.45, 7) is 3.97. The van der Waals surface area contributed by atoms with Gasteiger partial charge in [0.05, 0.1) is 50.6 Å². The third-order valence-corrected chi connectivity index (χ3v) is 8.84. The summed E-state index contributed by atoms with van der Waals surface area (Å²) < 4.78 is 48.9. The normalized spacial score (nSPS) is 12.0. The van der Waals surface area contributed by atoms with Gasteiger partial charge in [0, 0.05) is 27.1 Å². The van der Waals surface area contributed by atoms with E-state index in [9.17, 15) is 5.26 Å². The molecule has 2 aromatic heterocycles. The van der Waals surface area contributed by atoms with Crippen LogP contribution in [-0.4, -0.2) is 9.13 Å². The molecule has 222 valence electrons. The molecule has 0 atom stereocenters. The summed E-state index contributed by atoms with van der Waals surface area (Å²) in [5.41, 5.74) is 6.88. The fourth-order valence-corrected chi connectivity index (χ4v) is 6.85. The first kappa shape index (κ1) is 27.7. The number of alkyl halides is 3. The summed E-state index contributed by atoms with van der Waals surface area (Å²) >= 11 is 0. The second-order valence-electron chi connectivity index (χ2n) is 11.8. The van der Waals surface area contributed by atoms with Gasteiger partial charge >= 0.3 is 6.18 Å². The summed E-state index contributed by atoms with van der Waals surface area (Å²) in [6, 6.07) is 39.6. The fraction of sp³-hybridized carbons (Fsp3) is 0.0750. The van der Waals surface area contributed by atoms with E-state index >= 15 is 13.2 Å². The van der Waals surface area contributed by atoms with Crippen LogP contribution < -0.4 is 0 Å². The maximum absolute atomic E-state index is 15.0. The van der Waals surface area contributed by atoms with Crippen molar-refractivity contribution >= 4 is 43.6 Å². The second kappa shape index (κ2) is 10.1. The zero-order valence-corrected chi connectivity index (χ0v) is 25.0. The molecule has 0 aliphatic heterocycles. The first-order valence-corrected chi connectivity index (χ1v) is 15.0. The van der Waals surface area contributed by atoms with Gasteiger partial charge < -0.3 is 9.13 Å². The minimum atomic E-state index is -4.63. The standard InChI is InChI=1S/C40H26F3N3/c1-24-14-16-31-29-10-3-5-12-33(29)45(35(31)18-24)37-21-28(40(41,42)43)22-38(39(37)27-9-7-8-26(20-27)23-44)46-34-13-6-4-11-30(34)32-17-15-25(2)19-36(32)46/h3-22H,1-2H3. The van der Waals surface area contributed by atoms with E-state index in [1.165, 1.54) is 12.1 Å². The summed E-state index contributed by atoms with van der Waals surface area (Å²) in [6.07, 6.45) is -4.63. The summed E-state index contributed by atoms with van der Waals surface area (Å²) in [7, 11) is 0. The molecule has 8 aromatic rings. The lowest BCUT2D eigenvalue weighted by Gasteiger charge is -2.23. The minimum Gasteiger partial charge on any atom is -0.309 e. The number of halogens is 3. The van der Waals surface area contributed by atoms with Crippen LogP contribution in [0.1, 0.15) is 22.3 Å². The zero-order chi connectivity index (χ0) is 31.7. The van der Waals surface area contributed by atoms with Crippen molar-refractivity contribution in [2.24, 2.45) is 0 Å². The lowest BCUT2D eigenvalue weighted by atomic mass is 9.96. The summed E-state index contributed by atoms with van der Waals surface area (Å²) in [5.74, 6) is 0. The minimum absolute atomic E-state index is 0.385. The lowest BCUT2D eigenvalue weighted by molar-refractivity contribution is -0.137. The van der Waals surface area contributed by atoms with Crippen molar-refractivity contribution in [3.8, 4) is 28.6 Å². The van der Waals surface area contributed by atoms with Crippen molar-refractivity contribution < 1.29 is 13.2 Å². The van der Waals surface area contributed by atoms with Crippen molar-refractivity contribution in [2.75, 3.05) is 0 Å². The number of hydrogen-bond acceptors (Lipinski definition) is 1. The van der Waals surface area contributed by atoms with Crippen molar-refractivity contribution in [1.29, 1.82) is 5.26 Å². The number of fused-ring (bicyclic) bond motifs is 6. The summed E-state index contributed by atoms with van der Waals surface area (Å²) in [4.78, 5) is 0. The van der Waals surface area contributed by atoms with Crippen LogP contribution in [0, 0.1) is 25.2 Å². The van der Waals surface area contributed by atoms with Gasteiger partial charge in [-0.05, 0) is 79.1 Å². The Hall–Kier alpha value is -5.80. The van der Waals surface area contributed by atoms with Crippen molar-refractivity contribution in [3.05, 3.63) is 144 Å². The van der Waals surface area contributed by atoms with E-state index < -0.39 is 11.7 Å². The highest BCUT2D eigenvalue weighted by molar-refractivity contribution is 6.12. The molecule has 0 amide bonds. The molecule has 0 spiro atoms. The van der Waals surface area contributed by atoms with Gasteiger partial charge in [0.2, 0.25) is 0 Å². The average Bonchev–Trinajstić information content (AvgIpc) is 3.55. The molecule has 0 radical (unpaired) electrons.